The van der Waals surface area contributed by atoms with Gasteiger partial charge in [0, 0.05) is 16.1 Å². The lowest BCUT2D eigenvalue weighted by molar-refractivity contribution is 0.0697. The van der Waals surface area contributed by atoms with Crippen molar-refractivity contribution in [2.24, 2.45) is 0 Å². The molecule has 24 heavy (non-hydrogen) atoms. The third kappa shape index (κ3) is 4.35. The van der Waals surface area contributed by atoms with Crippen molar-refractivity contribution in [3.05, 3.63) is 53.1 Å². The third-order valence-electron chi connectivity index (χ3n) is 3.13. The Morgan fingerprint density at radius 3 is 2.17 bits per heavy atom. The molecule has 7 heteroatoms. The van der Waals surface area contributed by atoms with Gasteiger partial charge in [-0.25, -0.2) is 17.9 Å². The third-order valence-corrected chi connectivity index (χ3v) is 5.23. The van der Waals surface area contributed by atoms with Crippen molar-refractivity contribution in [3.63, 3.8) is 0 Å². The van der Waals surface area contributed by atoms with Gasteiger partial charge >= 0.3 is 5.97 Å². The lowest BCUT2D eigenvalue weighted by atomic mass is 10.0. The van der Waals surface area contributed by atoms with Crippen LogP contribution in [0.1, 0.15) is 31.1 Å². The molecule has 2 aromatic rings. The fourth-order valence-electron chi connectivity index (χ4n) is 2.16. The fraction of sp³-hybridized carbons (Fsp3) is 0.235. The van der Waals surface area contributed by atoms with Gasteiger partial charge in [-0.1, -0.05) is 23.7 Å². The lowest BCUT2D eigenvalue weighted by Gasteiger charge is -2.20. The van der Waals surface area contributed by atoms with Crippen molar-refractivity contribution in [2.45, 2.75) is 31.2 Å². The van der Waals surface area contributed by atoms with Gasteiger partial charge in [0.05, 0.1) is 10.5 Å². The van der Waals surface area contributed by atoms with Gasteiger partial charge in [-0.3, -0.25) is 0 Å². The second-order valence-electron chi connectivity index (χ2n) is 6.38. The average Bonchev–Trinajstić information content (AvgIpc) is 2.45. The van der Waals surface area contributed by atoms with Crippen LogP contribution in [0.5, 0.6) is 0 Å². The highest BCUT2D eigenvalue weighted by molar-refractivity contribution is 7.89. The number of hydrogen-bond acceptors (Lipinski definition) is 3. The Morgan fingerprint density at radius 1 is 1.08 bits per heavy atom. The first-order valence-corrected chi connectivity index (χ1v) is 9.03. The molecular weight excluding hydrogens is 350 g/mol. The first-order chi connectivity index (χ1) is 11.0. The summed E-state index contributed by atoms with van der Waals surface area (Å²) < 4.78 is 27.2. The number of carboxylic acid groups (broad SMARTS) is 1. The van der Waals surface area contributed by atoms with E-state index in [9.17, 15) is 13.2 Å². The van der Waals surface area contributed by atoms with E-state index in [1.807, 2.05) is 0 Å². The van der Waals surface area contributed by atoms with Crippen LogP contribution in [0.2, 0.25) is 5.02 Å². The minimum absolute atomic E-state index is 0.112. The van der Waals surface area contributed by atoms with Crippen molar-refractivity contribution in [2.75, 3.05) is 0 Å². The van der Waals surface area contributed by atoms with Gasteiger partial charge in [0.2, 0.25) is 10.0 Å². The highest BCUT2D eigenvalue weighted by atomic mass is 35.5. The van der Waals surface area contributed by atoms with Gasteiger partial charge in [0.25, 0.3) is 0 Å². The SMILES string of the molecule is CC(C)(C)NS(=O)(=O)c1ccc(-c2cc(C(=O)O)ccc2Cl)cc1. The number of carbonyl (C=O) groups is 1. The zero-order valence-electron chi connectivity index (χ0n) is 13.5. The largest absolute Gasteiger partial charge is 0.478 e. The fourth-order valence-corrected chi connectivity index (χ4v) is 3.80. The number of carboxylic acids is 1. The summed E-state index contributed by atoms with van der Waals surface area (Å²) in [6.45, 7) is 5.28. The molecule has 0 bridgehead atoms. The van der Waals surface area contributed by atoms with Crippen LogP contribution in [0.25, 0.3) is 11.1 Å². The topological polar surface area (TPSA) is 83.5 Å². The zero-order valence-corrected chi connectivity index (χ0v) is 15.1. The summed E-state index contributed by atoms with van der Waals surface area (Å²) in [4.78, 5) is 11.2. The number of sulfonamides is 1. The Hall–Kier alpha value is -1.89. The summed E-state index contributed by atoms with van der Waals surface area (Å²) in [5, 5.41) is 9.47. The lowest BCUT2D eigenvalue weighted by Crippen LogP contribution is -2.40. The van der Waals surface area contributed by atoms with Gasteiger partial charge in [-0.2, -0.15) is 0 Å². The average molecular weight is 368 g/mol. The van der Waals surface area contributed by atoms with E-state index in [0.717, 1.165) is 0 Å². The summed E-state index contributed by atoms with van der Waals surface area (Å²) >= 11 is 6.13. The van der Waals surface area contributed by atoms with E-state index in [0.29, 0.717) is 16.1 Å². The van der Waals surface area contributed by atoms with Gasteiger partial charge in [0.15, 0.2) is 0 Å². The molecule has 2 N–H and O–H groups in total. The molecule has 0 amide bonds. The van der Waals surface area contributed by atoms with Crippen LogP contribution in [0, 0.1) is 0 Å². The van der Waals surface area contributed by atoms with E-state index >= 15 is 0 Å². The molecule has 0 aliphatic rings. The Bertz CT molecular complexity index is 868. The maximum atomic E-state index is 12.3. The monoisotopic (exact) mass is 367 g/mol. The minimum atomic E-state index is -3.63. The predicted molar refractivity (Wildman–Crippen MR) is 93.9 cm³/mol. The summed E-state index contributed by atoms with van der Waals surface area (Å²) in [6, 6.07) is 10.5. The minimum Gasteiger partial charge on any atom is -0.478 e. The molecule has 2 aromatic carbocycles. The molecule has 0 aliphatic carbocycles. The van der Waals surface area contributed by atoms with Crippen molar-refractivity contribution < 1.29 is 18.3 Å². The summed E-state index contributed by atoms with van der Waals surface area (Å²) in [7, 11) is -3.63. The Morgan fingerprint density at radius 2 is 1.67 bits per heavy atom. The highest BCUT2D eigenvalue weighted by Gasteiger charge is 2.22. The molecule has 0 fully saturated rings. The molecule has 0 unspecified atom stereocenters. The predicted octanol–water partition coefficient (Wildman–Crippen LogP) is 3.78. The van der Waals surface area contributed by atoms with E-state index in [1.54, 1.807) is 32.9 Å². The second kappa shape index (κ2) is 6.55. The summed E-state index contributed by atoms with van der Waals surface area (Å²) in [6.07, 6.45) is 0. The molecule has 0 aromatic heterocycles. The Labute approximate surface area is 146 Å². The summed E-state index contributed by atoms with van der Waals surface area (Å²) in [5.41, 5.74) is 0.694. The molecule has 0 saturated heterocycles. The standard InChI is InChI=1S/C17H18ClNO4S/c1-17(2,3)19-24(22,23)13-7-4-11(5-8-13)14-10-12(16(20)21)6-9-15(14)18/h4-10,19H,1-3H3,(H,20,21). The van der Waals surface area contributed by atoms with Crippen molar-refractivity contribution in [1.29, 1.82) is 0 Å². The van der Waals surface area contributed by atoms with Gasteiger partial charge in [0.1, 0.15) is 0 Å². The number of hydrogen-bond donors (Lipinski definition) is 2. The van der Waals surface area contributed by atoms with Gasteiger partial charge in [-0.15, -0.1) is 0 Å². The van der Waals surface area contributed by atoms with E-state index in [4.69, 9.17) is 16.7 Å². The first-order valence-electron chi connectivity index (χ1n) is 7.17. The van der Waals surface area contributed by atoms with Crippen LogP contribution in [0.3, 0.4) is 0 Å². The van der Waals surface area contributed by atoms with Crippen LogP contribution >= 0.6 is 11.6 Å². The molecule has 0 radical (unpaired) electrons. The molecule has 0 aliphatic heterocycles. The molecule has 0 saturated carbocycles. The van der Waals surface area contributed by atoms with Crippen LogP contribution in [-0.2, 0) is 10.0 Å². The van der Waals surface area contributed by atoms with Gasteiger partial charge < -0.3 is 5.11 Å². The Kier molecular flexibility index (Phi) is 5.03. The number of nitrogens with one attached hydrogen (secondary N) is 1. The van der Waals surface area contributed by atoms with Crippen LogP contribution in [0.15, 0.2) is 47.4 Å². The maximum absolute atomic E-state index is 12.3. The zero-order chi connectivity index (χ0) is 18.1. The van der Waals surface area contributed by atoms with Gasteiger partial charge in [-0.05, 0) is 56.7 Å². The number of aromatic carboxylic acids is 1. The van der Waals surface area contributed by atoms with Crippen molar-refractivity contribution in [1.82, 2.24) is 4.72 Å². The number of halogens is 1. The van der Waals surface area contributed by atoms with Crippen molar-refractivity contribution in [3.8, 4) is 11.1 Å². The van der Waals surface area contributed by atoms with Crippen LogP contribution in [0.4, 0.5) is 0 Å². The molecular formula is C17H18ClNO4S. The number of rotatable bonds is 4. The molecule has 0 spiro atoms. The van der Waals surface area contributed by atoms with E-state index in [2.05, 4.69) is 4.72 Å². The quantitative estimate of drug-likeness (QED) is 0.861. The second-order valence-corrected chi connectivity index (χ2v) is 8.47. The Balaban J connectivity index is 2.40. The molecule has 5 nitrogen and oxygen atoms in total. The first kappa shape index (κ1) is 18.4. The van der Waals surface area contributed by atoms with E-state index in [1.165, 1.54) is 30.3 Å². The number of benzene rings is 2. The normalized spacial score (nSPS) is 12.2. The summed E-state index contributed by atoms with van der Waals surface area (Å²) in [5.74, 6) is -1.05. The van der Waals surface area contributed by atoms with Crippen molar-refractivity contribution >= 4 is 27.6 Å². The molecule has 128 valence electrons. The molecule has 0 atom stereocenters. The van der Waals surface area contributed by atoms with E-state index in [-0.39, 0.29) is 10.5 Å². The van der Waals surface area contributed by atoms with Crippen LogP contribution < -0.4 is 4.72 Å². The van der Waals surface area contributed by atoms with Crippen LogP contribution in [-0.4, -0.2) is 25.0 Å². The molecule has 0 heterocycles. The highest BCUT2D eigenvalue weighted by Crippen LogP contribution is 2.30. The molecule has 2 rings (SSSR count). The smallest absolute Gasteiger partial charge is 0.335 e. The maximum Gasteiger partial charge on any atom is 0.335 e. The van der Waals surface area contributed by atoms with E-state index < -0.39 is 21.5 Å².